The second kappa shape index (κ2) is 14.5. The highest BCUT2D eigenvalue weighted by atomic mass is 16.5. The number of amides is 1. The van der Waals surface area contributed by atoms with Crippen molar-refractivity contribution < 1.29 is 14.3 Å². The molecule has 0 bridgehead atoms. The van der Waals surface area contributed by atoms with E-state index in [0.717, 1.165) is 52.9 Å². The minimum absolute atomic E-state index is 0.00848. The van der Waals surface area contributed by atoms with Gasteiger partial charge in [0.2, 0.25) is 0 Å². The molecule has 6 heteroatoms. The van der Waals surface area contributed by atoms with Gasteiger partial charge in [0, 0.05) is 29.1 Å². The molecule has 0 aliphatic carbocycles. The van der Waals surface area contributed by atoms with Gasteiger partial charge < -0.3 is 14.8 Å². The first kappa shape index (κ1) is 30.6. The topological polar surface area (TPSA) is 81.2 Å². The molecule has 1 N–H and O–H groups in total. The molecule has 1 atom stereocenters. The number of carbonyl (C=O) groups excluding carboxylic acids is 2. The number of aldehydes is 1. The number of nitrogens with zero attached hydrogens (tertiary/aromatic N) is 2. The standard InChI is InChI=1S/C36H41N3O3/c1-5-6-7-8-21-42-33-19-15-27(16-20-33)30-23-37-34(38-24-30)28-11-9-26(10-12-28)22-32(25-40)39-35(41)29-13-17-31(18-14-29)36(2,3)4/h9-20,23-25,32H,5-8,21-22H2,1-4H3,(H,39,41)/t32-/m0/s1. The van der Waals surface area contributed by atoms with Crippen LogP contribution < -0.4 is 10.1 Å². The van der Waals surface area contributed by atoms with Gasteiger partial charge in [0.15, 0.2) is 5.82 Å². The molecule has 4 aromatic rings. The van der Waals surface area contributed by atoms with Gasteiger partial charge in [-0.1, -0.05) is 95.5 Å². The summed E-state index contributed by atoms with van der Waals surface area (Å²) in [6.45, 7) is 9.33. The van der Waals surface area contributed by atoms with Crippen LogP contribution in [-0.2, 0) is 16.6 Å². The lowest BCUT2D eigenvalue weighted by atomic mass is 9.86. The van der Waals surface area contributed by atoms with E-state index in [1.807, 2.05) is 73.1 Å². The summed E-state index contributed by atoms with van der Waals surface area (Å²) in [5.74, 6) is 1.23. The van der Waals surface area contributed by atoms with E-state index in [2.05, 4.69) is 43.0 Å². The number of rotatable bonds is 13. The number of unbranched alkanes of at least 4 members (excludes halogenated alkanes) is 3. The van der Waals surface area contributed by atoms with Gasteiger partial charge in [-0.2, -0.15) is 0 Å². The summed E-state index contributed by atoms with van der Waals surface area (Å²) in [6.07, 6.45) is 9.57. The van der Waals surface area contributed by atoms with Gasteiger partial charge in [0.1, 0.15) is 12.0 Å². The molecule has 0 saturated carbocycles. The normalized spacial score (nSPS) is 12.0. The van der Waals surface area contributed by atoms with Gasteiger partial charge in [0.25, 0.3) is 5.91 Å². The highest BCUT2D eigenvalue weighted by Crippen LogP contribution is 2.24. The van der Waals surface area contributed by atoms with Crippen molar-refractivity contribution in [3.8, 4) is 28.3 Å². The van der Waals surface area contributed by atoms with E-state index in [0.29, 0.717) is 17.8 Å². The van der Waals surface area contributed by atoms with Gasteiger partial charge >= 0.3 is 0 Å². The second-order valence-electron chi connectivity index (χ2n) is 11.7. The Morgan fingerprint density at radius 2 is 1.48 bits per heavy atom. The van der Waals surface area contributed by atoms with Crippen LogP contribution in [-0.4, -0.2) is 34.8 Å². The van der Waals surface area contributed by atoms with Crippen molar-refractivity contribution >= 4 is 12.2 Å². The Morgan fingerprint density at radius 3 is 2.07 bits per heavy atom. The van der Waals surface area contributed by atoms with Gasteiger partial charge in [-0.15, -0.1) is 0 Å². The van der Waals surface area contributed by atoms with Crippen LogP contribution in [0.3, 0.4) is 0 Å². The molecule has 0 saturated heterocycles. The molecule has 0 aliphatic rings. The SMILES string of the molecule is CCCCCCOc1ccc(-c2cnc(-c3ccc(C[C@@H](C=O)NC(=O)c4ccc(C(C)(C)C)cc4)cc3)nc2)cc1. The molecule has 218 valence electrons. The van der Waals surface area contributed by atoms with E-state index in [1.165, 1.54) is 19.3 Å². The molecule has 3 aromatic carbocycles. The molecule has 6 nitrogen and oxygen atoms in total. The maximum Gasteiger partial charge on any atom is 0.251 e. The minimum Gasteiger partial charge on any atom is -0.494 e. The fourth-order valence-corrected chi connectivity index (χ4v) is 4.64. The fourth-order valence-electron chi connectivity index (χ4n) is 4.64. The number of benzene rings is 3. The zero-order valence-electron chi connectivity index (χ0n) is 25.1. The van der Waals surface area contributed by atoms with E-state index in [9.17, 15) is 9.59 Å². The predicted molar refractivity (Wildman–Crippen MR) is 169 cm³/mol. The van der Waals surface area contributed by atoms with Crippen LogP contribution in [0.5, 0.6) is 5.75 Å². The highest BCUT2D eigenvalue weighted by molar-refractivity contribution is 5.95. The number of hydrogen-bond acceptors (Lipinski definition) is 5. The third kappa shape index (κ3) is 8.59. The van der Waals surface area contributed by atoms with Gasteiger partial charge in [-0.05, 0) is 59.2 Å². The molecular formula is C36H41N3O3. The van der Waals surface area contributed by atoms with Crippen molar-refractivity contribution in [3.63, 3.8) is 0 Å². The van der Waals surface area contributed by atoms with Gasteiger partial charge in [0.05, 0.1) is 12.6 Å². The lowest BCUT2D eigenvalue weighted by Crippen LogP contribution is -2.37. The Hall–Kier alpha value is -4.32. The summed E-state index contributed by atoms with van der Waals surface area (Å²) in [4.78, 5) is 33.6. The predicted octanol–water partition coefficient (Wildman–Crippen LogP) is 7.61. The fraction of sp³-hybridized carbons (Fsp3) is 0.333. The van der Waals surface area contributed by atoms with Crippen LogP contribution in [0.25, 0.3) is 22.5 Å². The largest absolute Gasteiger partial charge is 0.494 e. The first-order chi connectivity index (χ1) is 20.3. The third-order valence-corrected chi connectivity index (χ3v) is 7.27. The molecule has 0 unspecified atom stereocenters. The summed E-state index contributed by atoms with van der Waals surface area (Å²) >= 11 is 0. The first-order valence-corrected chi connectivity index (χ1v) is 14.8. The van der Waals surface area contributed by atoms with Crippen LogP contribution in [0.2, 0.25) is 0 Å². The van der Waals surface area contributed by atoms with Gasteiger partial charge in [-0.3, -0.25) is 4.79 Å². The molecule has 0 radical (unpaired) electrons. The Morgan fingerprint density at radius 1 is 0.833 bits per heavy atom. The minimum atomic E-state index is -0.626. The van der Waals surface area contributed by atoms with Crippen LogP contribution in [0.15, 0.2) is 85.2 Å². The van der Waals surface area contributed by atoms with E-state index in [4.69, 9.17) is 4.74 Å². The molecular weight excluding hydrogens is 522 g/mol. The van der Waals surface area contributed by atoms with Crippen molar-refractivity contribution in [2.45, 2.75) is 71.3 Å². The number of aromatic nitrogens is 2. The summed E-state index contributed by atoms with van der Waals surface area (Å²) < 4.78 is 5.84. The maximum atomic E-state index is 12.7. The second-order valence-corrected chi connectivity index (χ2v) is 11.7. The first-order valence-electron chi connectivity index (χ1n) is 14.8. The zero-order chi connectivity index (χ0) is 30.0. The molecule has 0 fully saturated rings. The lowest BCUT2D eigenvalue weighted by Gasteiger charge is -2.19. The smallest absolute Gasteiger partial charge is 0.251 e. The van der Waals surface area contributed by atoms with Crippen LogP contribution in [0.4, 0.5) is 0 Å². The summed E-state index contributed by atoms with van der Waals surface area (Å²) in [7, 11) is 0. The molecule has 1 aromatic heterocycles. The Balaban J connectivity index is 1.31. The van der Waals surface area contributed by atoms with Crippen LogP contribution in [0.1, 0.15) is 74.9 Å². The average molecular weight is 564 g/mol. The molecule has 42 heavy (non-hydrogen) atoms. The Bertz CT molecular complexity index is 1420. The monoisotopic (exact) mass is 563 g/mol. The molecule has 0 aliphatic heterocycles. The van der Waals surface area contributed by atoms with E-state index >= 15 is 0 Å². The number of nitrogens with one attached hydrogen (secondary N) is 1. The van der Waals surface area contributed by atoms with Crippen LogP contribution >= 0.6 is 0 Å². The molecule has 1 amide bonds. The summed E-state index contributed by atoms with van der Waals surface area (Å²) in [5, 5.41) is 2.84. The highest BCUT2D eigenvalue weighted by Gasteiger charge is 2.17. The van der Waals surface area contributed by atoms with Crippen molar-refractivity contribution in [2.24, 2.45) is 0 Å². The summed E-state index contributed by atoms with van der Waals surface area (Å²) in [6, 6.07) is 22.7. The summed E-state index contributed by atoms with van der Waals surface area (Å²) in [5.41, 5.74) is 5.47. The Kier molecular flexibility index (Phi) is 10.6. The molecule has 0 spiro atoms. The van der Waals surface area contributed by atoms with Crippen molar-refractivity contribution in [2.75, 3.05) is 6.61 Å². The van der Waals surface area contributed by atoms with Crippen molar-refractivity contribution in [3.05, 3.63) is 102 Å². The quantitative estimate of drug-likeness (QED) is 0.134. The molecule has 4 rings (SSSR count). The van der Waals surface area contributed by atoms with E-state index in [1.54, 1.807) is 12.1 Å². The maximum absolute atomic E-state index is 12.7. The zero-order valence-corrected chi connectivity index (χ0v) is 25.1. The number of carbonyl (C=O) groups is 2. The van der Waals surface area contributed by atoms with Crippen molar-refractivity contribution in [1.29, 1.82) is 0 Å². The van der Waals surface area contributed by atoms with Gasteiger partial charge in [-0.25, -0.2) is 9.97 Å². The van der Waals surface area contributed by atoms with E-state index < -0.39 is 6.04 Å². The van der Waals surface area contributed by atoms with Crippen molar-refractivity contribution in [1.82, 2.24) is 15.3 Å². The number of ether oxygens (including phenoxy) is 1. The number of hydrogen-bond donors (Lipinski definition) is 1. The average Bonchev–Trinajstić information content (AvgIpc) is 3.01. The van der Waals surface area contributed by atoms with Crippen LogP contribution in [0, 0.1) is 0 Å². The Labute approximate surface area is 249 Å². The lowest BCUT2D eigenvalue weighted by molar-refractivity contribution is -0.109. The van der Waals surface area contributed by atoms with E-state index in [-0.39, 0.29) is 11.3 Å². The third-order valence-electron chi connectivity index (χ3n) is 7.27. The molecule has 1 heterocycles.